The fraction of sp³-hybridized carbons (Fsp3) is 0.333. The number of pyridine rings is 1. The zero-order valence-electron chi connectivity index (χ0n) is 14.6. The lowest BCUT2D eigenvalue weighted by molar-refractivity contribution is -0.139. The highest BCUT2D eigenvalue weighted by atomic mass is 35.5. The second kappa shape index (κ2) is 8.24. The van der Waals surface area contributed by atoms with Gasteiger partial charge in [0.1, 0.15) is 12.1 Å². The smallest absolute Gasteiger partial charge is 0.378 e. The molecular formula is C18H17ClF3N3O3. The lowest BCUT2D eigenvalue weighted by atomic mass is 10.2. The molecule has 6 nitrogen and oxygen atoms in total. The summed E-state index contributed by atoms with van der Waals surface area (Å²) in [6.07, 6.45) is -3.65. The van der Waals surface area contributed by atoms with Crippen molar-refractivity contribution in [1.82, 2.24) is 4.57 Å². The van der Waals surface area contributed by atoms with Crippen LogP contribution < -0.4 is 15.8 Å². The van der Waals surface area contributed by atoms with Gasteiger partial charge in [0.05, 0.1) is 24.6 Å². The van der Waals surface area contributed by atoms with Gasteiger partial charge in [-0.25, -0.2) is 0 Å². The van der Waals surface area contributed by atoms with Crippen molar-refractivity contribution in [2.75, 3.05) is 36.5 Å². The zero-order valence-corrected chi connectivity index (χ0v) is 15.4. The number of aromatic nitrogens is 1. The molecule has 3 rings (SSSR count). The topological polar surface area (TPSA) is 63.6 Å². The molecule has 0 atom stereocenters. The summed E-state index contributed by atoms with van der Waals surface area (Å²) in [6.45, 7) is 1.76. The first-order valence-corrected chi connectivity index (χ1v) is 8.82. The summed E-state index contributed by atoms with van der Waals surface area (Å²) >= 11 is 6.02. The number of alkyl halides is 3. The van der Waals surface area contributed by atoms with Crippen molar-refractivity contribution >= 4 is 28.9 Å². The molecule has 0 spiro atoms. The van der Waals surface area contributed by atoms with Crippen LogP contribution in [0.3, 0.4) is 0 Å². The molecule has 1 aromatic heterocycles. The van der Waals surface area contributed by atoms with Crippen molar-refractivity contribution in [2.45, 2.75) is 12.7 Å². The molecule has 1 fully saturated rings. The molecule has 0 aliphatic carbocycles. The minimum absolute atomic E-state index is 0.392. The summed E-state index contributed by atoms with van der Waals surface area (Å²) < 4.78 is 44.6. The molecule has 2 heterocycles. The van der Waals surface area contributed by atoms with Gasteiger partial charge in [-0.15, -0.1) is 0 Å². The number of morpholine rings is 1. The van der Waals surface area contributed by atoms with E-state index in [9.17, 15) is 22.8 Å². The highest BCUT2D eigenvalue weighted by Gasteiger charge is 2.34. The Morgan fingerprint density at radius 3 is 2.61 bits per heavy atom. The lowest BCUT2D eigenvalue weighted by Crippen LogP contribution is -2.37. The van der Waals surface area contributed by atoms with E-state index < -0.39 is 29.8 Å². The van der Waals surface area contributed by atoms with Gasteiger partial charge in [0.25, 0.3) is 5.56 Å². The minimum Gasteiger partial charge on any atom is -0.378 e. The van der Waals surface area contributed by atoms with E-state index >= 15 is 0 Å². The van der Waals surface area contributed by atoms with Crippen LogP contribution in [0.5, 0.6) is 0 Å². The molecule has 1 aliphatic rings. The van der Waals surface area contributed by atoms with Crippen LogP contribution in [0.4, 0.5) is 24.5 Å². The van der Waals surface area contributed by atoms with Crippen LogP contribution in [0.2, 0.25) is 5.02 Å². The summed E-state index contributed by atoms with van der Waals surface area (Å²) in [5.41, 5.74) is -1.46. The average Bonchev–Trinajstić information content (AvgIpc) is 2.63. The highest BCUT2D eigenvalue weighted by Crippen LogP contribution is 2.30. The van der Waals surface area contributed by atoms with E-state index in [4.69, 9.17) is 16.3 Å². The highest BCUT2D eigenvalue weighted by molar-refractivity contribution is 6.31. The van der Waals surface area contributed by atoms with Crippen molar-refractivity contribution in [2.24, 2.45) is 0 Å². The largest absolute Gasteiger partial charge is 0.421 e. The van der Waals surface area contributed by atoms with Crippen LogP contribution in [0.1, 0.15) is 5.56 Å². The number of halogens is 4. The van der Waals surface area contributed by atoms with Crippen LogP contribution >= 0.6 is 11.6 Å². The first-order valence-electron chi connectivity index (χ1n) is 8.44. The molecule has 0 bridgehead atoms. The predicted molar refractivity (Wildman–Crippen MR) is 98.8 cm³/mol. The molecule has 150 valence electrons. The molecule has 0 radical (unpaired) electrons. The molecule has 1 aromatic carbocycles. The predicted octanol–water partition coefficient (Wildman–Crippen LogP) is 3.00. The van der Waals surface area contributed by atoms with Gasteiger partial charge in [-0.3, -0.25) is 9.59 Å². The van der Waals surface area contributed by atoms with Gasteiger partial charge in [-0.2, -0.15) is 13.2 Å². The Morgan fingerprint density at radius 1 is 1.21 bits per heavy atom. The Kier molecular flexibility index (Phi) is 5.95. The number of nitrogens with zero attached hydrogens (tertiary/aromatic N) is 2. The molecule has 1 amide bonds. The third-order valence-corrected chi connectivity index (χ3v) is 4.46. The zero-order chi connectivity index (χ0) is 20.3. The molecule has 28 heavy (non-hydrogen) atoms. The van der Waals surface area contributed by atoms with Gasteiger partial charge < -0.3 is 19.5 Å². The van der Waals surface area contributed by atoms with Gasteiger partial charge >= 0.3 is 6.18 Å². The van der Waals surface area contributed by atoms with Crippen LogP contribution in [-0.2, 0) is 22.3 Å². The summed E-state index contributed by atoms with van der Waals surface area (Å²) in [5, 5.41) is 3.03. The average molecular weight is 416 g/mol. The van der Waals surface area contributed by atoms with E-state index in [1.165, 1.54) is 0 Å². The molecular weight excluding hydrogens is 399 g/mol. The van der Waals surface area contributed by atoms with E-state index in [2.05, 4.69) is 5.32 Å². The van der Waals surface area contributed by atoms with E-state index in [1.54, 1.807) is 18.2 Å². The number of carbonyl (C=O) groups excluding carboxylic acids is 1. The SMILES string of the molecule is O=C(Cn1cccc(C(F)(F)F)c1=O)Nc1cc(Cl)ccc1N1CCOCC1. The minimum atomic E-state index is -4.78. The maximum atomic E-state index is 12.9. The molecule has 0 saturated carbocycles. The molecule has 0 unspecified atom stereocenters. The summed E-state index contributed by atoms with van der Waals surface area (Å²) in [6, 6.07) is 6.75. The van der Waals surface area contributed by atoms with Crippen LogP contribution in [0, 0.1) is 0 Å². The van der Waals surface area contributed by atoms with E-state index in [0.29, 0.717) is 43.1 Å². The number of nitrogens with one attached hydrogen (secondary N) is 1. The summed E-state index contributed by atoms with van der Waals surface area (Å²) in [4.78, 5) is 26.4. The molecule has 1 saturated heterocycles. The standard InChI is InChI=1S/C18H17ClF3N3O3/c19-12-3-4-15(24-6-8-28-9-7-24)14(10-12)23-16(26)11-25-5-1-2-13(17(25)27)18(20,21)22/h1-5,10H,6-9,11H2,(H,23,26). The summed E-state index contributed by atoms with van der Waals surface area (Å²) in [7, 11) is 0. The molecule has 1 N–H and O–H groups in total. The maximum absolute atomic E-state index is 12.9. The van der Waals surface area contributed by atoms with Crippen molar-refractivity contribution in [3.63, 3.8) is 0 Å². The molecule has 10 heteroatoms. The van der Waals surface area contributed by atoms with Crippen LogP contribution in [0.25, 0.3) is 0 Å². The number of rotatable bonds is 4. The fourth-order valence-corrected chi connectivity index (χ4v) is 3.08. The van der Waals surface area contributed by atoms with Crippen molar-refractivity contribution in [3.05, 3.63) is 57.5 Å². The first-order chi connectivity index (χ1) is 13.3. The van der Waals surface area contributed by atoms with E-state index in [0.717, 1.165) is 22.5 Å². The lowest BCUT2D eigenvalue weighted by Gasteiger charge is -2.30. The second-order valence-corrected chi connectivity index (χ2v) is 6.60. The Hall–Kier alpha value is -2.52. The van der Waals surface area contributed by atoms with Gasteiger partial charge in [0.15, 0.2) is 0 Å². The number of ether oxygens (including phenoxy) is 1. The fourth-order valence-electron chi connectivity index (χ4n) is 2.91. The number of hydrogen-bond donors (Lipinski definition) is 1. The van der Waals surface area contributed by atoms with Crippen LogP contribution in [-0.4, -0.2) is 36.8 Å². The number of benzene rings is 1. The van der Waals surface area contributed by atoms with Gasteiger partial charge in [0.2, 0.25) is 5.91 Å². The number of hydrogen-bond acceptors (Lipinski definition) is 4. The monoisotopic (exact) mass is 415 g/mol. The van der Waals surface area contributed by atoms with Crippen molar-refractivity contribution in [1.29, 1.82) is 0 Å². The Balaban J connectivity index is 1.81. The van der Waals surface area contributed by atoms with E-state index in [-0.39, 0.29) is 0 Å². The third kappa shape index (κ3) is 4.66. The Morgan fingerprint density at radius 2 is 1.93 bits per heavy atom. The van der Waals surface area contributed by atoms with E-state index in [1.807, 2.05) is 4.90 Å². The van der Waals surface area contributed by atoms with Gasteiger partial charge in [0, 0.05) is 24.3 Å². The Bertz CT molecular complexity index is 924. The third-order valence-electron chi connectivity index (χ3n) is 4.22. The molecule has 2 aromatic rings. The molecule has 1 aliphatic heterocycles. The van der Waals surface area contributed by atoms with Crippen molar-refractivity contribution in [3.8, 4) is 0 Å². The number of carbonyl (C=O) groups is 1. The first kappa shape index (κ1) is 20.2. The van der Waals surface area contributed by atoms with Gasteiger partial charge in [-0.1, -0.05) is 11.6 Å². The normalized spacial score (nSPS) is 14.8. The number of anilines is 2. The Labute approximate surface area is 163 Å². The number of amides is 1. The van der Waals surface area contributed by atoms with Gasteiger partial charge in [-0.05, 0) is 30.3 Å². The second-order valence-electron chi connectivity index (χ2n) is 6.16. The quantitative estimate of drug-likeness (QED) is 0.834. The van der Waals surface area contributed by atoms with Crippen LogP contribution in [0.15, 0.2) is 41.3 Å². The van der Waals surface area contributed by atoms with Crippen molar-refractivity contribution < 1.29 is 22.7 Å². The maximum Gasteiger partial charge on any atom is 0.421 e. The summed E-state index contributed by atoms with van der Waals surface area (Å²) in [5.74, 6) is -0.641.